The Morgan fingerprint density at radius 3 is 2.74 bits per heavy atom. The number of carbonyl (C=O) groups excluding carboxylic acids is 1. The summed E-state index contributed by atoms with van der Waals surface area (Å²) in [5.41, 5.74) is 1.75. The van der Waals surface area contributed by atoms with E-state index in [0.717, 1.165) is 30.3 Å². The van der Waals surface area contributed by atoms with Gasteiger partial charge in [-0.1, -0.05) is 12.1 Å². The predicted octanol–water partition coefficient (Wildman–Crippen LogP) is 1.76. The van der Waals surface area contributed by atoms with E-state index in [1.165, 1.54) is 4.90 Å². The fraction of sp³-hybridized carbons (Fsp3) is 0.412. The molecule has 2 rings (SSSR count). The van der Waals surface area contributed by atoms with Gasteiger partial charge in [-0.15, -0.1) is 11.3 Å². The molecule has 1 aromatic heterocycles. The average molecular weight is 334 g/mol. The first-order valence-electron chi connectivity index (χ1n) is 7.86. The van der Waals surface area contributed by atoms with Crippen LogP contribution < -0.4 is 15.0 Å². The van der Waals surface area contributed by atoms with Gasteiger partial charge in [0.1, 0.15) is 23.0 Å². The highest BCUT2D eigenvalue weighted by atomic mass is 32.1. The summed E-state index contributed by atoms with van der Waals surface area (Å²) in [6, 6.07) is 7.39. The van der Waals surface area contributed by atoms with Gasteiger partial charge in [0.25, 0.3) is 0 Å². The van der Waals surface area contributed by atoms with Crippen LogP contribution in [-0.4, -0.2) is 31.1 Å². The van der Waals surface area contributed by atoms with Crippen LogP contribution in [0, 0.1) is 0 Å². The lowest BCUT2D eigenvalue weighted by Crippen LogP contribution is -3.10. The van der Waals surface area contributed by atoms with Gasteiger partial charge in [0.15, 0.2) is 0 Å². The Balaban J connectivity index is 1.94. The number of thiazole rings is 1. The molecule has 0 saturated carbocycles. The lowest BCUT2D eigenvalue weighted by molar-refractivity contribution is -0.910. The number of amides is 1. The maximum atomic E-state index is 12.2. The maximum Gasteiger partial charge on any atom is 0.231 e. The third-order valence-corrected chi connectivity index (χ3v) is 4.62. The second kappa shape index (κ2) is 8.64. The third kappa shape index (κ3) is 5.04. The van der Waals surface area contributed by atoms with Crippen molar-refractivity contribution < 1.29 is 14.4 Å². The molecule has 0 aliphatic heterocycles. The van der Waals surface area contributed by atoms with E-state index in [1.54, 1.807) is 18.4 Å². The van der Waals surface area contributed by atoms with E-state index in [9.17, 15) is 4.79 Å². The van der Waals surface area contributed by atoms with E-state index >= 15 is 0 Å². The minimum Gasteiger partial charge on any atom is -0.495 e. The summed E-state index contributed by atoms with van der Waals surface area (Å²) in [6.45, 7) is 7.42. The lowest BCUT2D eigenvalue weighted by Gasteiger charge is -2.13. The Hall–Kier alpha value is -1.92. The van der Waals surface area contributed by atoms with Crippen molar-refractivity contribution in [1.82, 2.24) is 4.98 Å². The standard InChI is InChI=1S/C17H23N3O2S/c1-4-20(5-2)11-13-12-23-17(18-13)10-16(21)19-14-8-6-7-9-15(14)22-3/h6-9,12H,4-5,10-11H2,1-3H3,(H,19,21)/p+1. The number of ether oxygens (including phenoxy) is 1. The minimum absolute atomic E-state index is 0.0782. The zero-order valence-corrected chi connectivity index (χ0v) is 14.7. The monoisotopic (exact) mass is 334 g/mol. The van der Waals surface area contributed by atoms with E-state index < -0.39 is 0 Å². The molecule has 0 bridgehead atoms. The Kier molecular flexibility index (Phi) is 6.55. The molecule has 0 atom stereocenters. The normalized spacial score (nSPS) is 10.8. The van der Waals surface area contributed by atoms with Gasteiger partial charge in [-0.25, -0.2) is 4.98 Å². The predicted molar refractivity (Wildman–Crippen MR) is 93.2 cm³/mol. The molecule has 1 aromatic carbocycles. The number of rotatable bonds is 8. The van der Waals surface area contributed by atoms with Crippen molar-refractivity contribution in [3.8, 4) is 5.75 Å². The highest BCUT2D eigenvalue weighted by Gasteiger charge is 2.12. The van der Waals surface area contributed by atoms with Gasteiger partial charge in [0, 0.05) is 5.38 Å². The van der Waals surface area contributed by atoms with Crippen LogP contribution in [0.2, 0.25) is 0 Å². The number of nitrogens with zero attached hydrogens (tertiary/aromatic N) is 1. The Bertz CT molecular complexity index is 638. The largest absolute Gasteiger partial charge is 0.495 e. The van der Waals surface area contributed by atoms with Crippen molar-refractivity contribution in [2.45, 2.75) is 26.8 Å². The van der Waals surface area contributed by atoms with Gasteiger partial charge in [-0.2, -0.15) is 0 Å². The first-order chi connectivity index (χ1) is 11.2. The van der Waals surface area contributed by atoms with Crippen LogP contribution in [0.1, 0.15) is 24.5 Å². The molecular weight excluding hydrogens is 310 g/mol. The van der Waals surface area contributed by atoms with E-state index in [0.29, 0.717) is 11.4 Å². The number of hydrogen-bond acceptors (Lipinski definition) is 4. The molecule has 124 valence electrons. The molecule has 0 aliphatic rings. The van der Waals surface area contributed by atoms with Crippen molar-refractivity contribution in [1.29, 1.82) is 0 Å². The summed E-state index contributed by atoms with van der Waals surface area (Å²) in [5.74, 6) is 0.580. The van der Waals surface area contributed by atoms with Crippen molar-refractivity contribution in [3.63, 3.8) is 0 Å². The second-order valence-electron chi connectivity index (χ2n) is 5.29. The molecule has 1 amide bonds. The average Bonchev–Trinajstić information content (AvgIpc) is 3.00. The van der Waals surface area contributed by atoms with Crippen LogP contribution in [0.15, 0.2) is 29.6 Å². The molecule has 0 fully saturated rings. The van der Waals surface area contributed by atoms with Crippen molar-refractivity contribution >= 4 is 22.9 Å². The number of benzene rings is 1. The molecule has 2 aromatic rings. The molecule has 6 heteroatoms. The van der Waals surface area contributed by atoms with Gasteiger partial charge < -0.3 is 15.0 Å². The summed E-state index contributed by atoms with van der Waals surface area (Å²) in [4.78, 5) is 18.3. The van der Waals surface area contributed by atoms with Crippen LogP contribution in [0.4, 0.5) is 5.69 Å². The molecular formula is C17H24N3O2S+. The molecule has 0 unspecified atom stereocenters. The summed E-state index contributed by atoms with van der Waals surface area (Å²) in [6.07, 6.45) is 0.288. The number of nitrogens with one attached hydrogen (secondary N) is 2. The number of para-hydroxylation sites is 2. The topological polar surface area (TPSA) is 55.7 Å². The Morgan fingerprint density at radius 2 is 2.04 bits per heavy atom. The van der Waals surface area contributed by atoms with E-state index in [-0.39, 0.29) is 12.3 Å². The smallest absolute Gasteiger partial charge is 0.231 e. The van der Waals surface area contributed by atoms with Gasteiger partial charge in [0.05, 0.1) is 32.3 Å². The quantitative estimate of drug-likeness (QED) is 0.773. The zero-order valence-electron chi connectivity index (χ0n) is 13.9. The van der Waals surface area contributed by atoms with Gasteiger partial charge in [0.2, 0.25) is 5.91 Å². The van der Waals surface area contributed by atoms with Crippen LogP contribution >= 0.6 is 11.3 Å². The number of quaternary nitrogens is 1. The zero-order chi connectivity index (χ0) is 16.7. The molecule has 23 heavy (non-hydrogen) atoms. The third-order valence-electron chi connectivity index (χ3n) is 3.72. The molecule has 1 heterocycles. The Morgan fingerprint density at radius 1 is 1.30 bits per heavy atom. The Labute approximate surface area is 141 Å². The highest BCUT2D eigenvalue weighted by molar-refractivity contribution is 7.09. The van der Waals surface area contributed by atoms with E-state index in [4.69, 9.17) is 4.74 Å². The fourth-order valence-electron chi connectivity index (χ4n) is 2.35. The van der Waals surface area contributed by atoms with Gasteiger partial charge in [-0.3, -0.25) is 4.79 Å². The molecule has 2 N–H and O–H groups in total. The van der Waals surface area contributed by atoms with Gasteiger partial charge in [-0.05, 0) is 26.0 Å². The maximum absolute atomic E-state index is 12.2. The van der Waals surface area contributed by atoms with Crippen molar-refractivity contribution in [2.75, 3.05) is 25.5 Å². The van der Waals surface area contributed by atoms with Gasteiger partial charge >= 0.3 is 0 Å². The first-order valence-corrected chi connectivity index (χ1v) is 8.73. The SMILES string of the molecule is CC[NH+](CC)Cc1csc(CC(=O)Nc2ccccc2OC)n1. The summed E-state index contributed by atoms with van der Waals surface area (Å²) in [7, 11) is 1.59. The second-order valence-corrected chi connectivity index (χ2v) is 6.23. The lowest BCUT2D eigenvalue weighted by atomic mass is 10.3. The number of methoxy groups -OCH3 is 1. The van der Waals surface area contributed by atoms with Crippen LogP contribution in [0.5, 0.6) is 5.75 Å². The molecule has 0 radical (unpaired) electrons. The number of aromatic nitrogens is 1. The first kappa shape index (κ1) is 17.4. The fourth-order valence-corrected chi connectivity index (χ4v) is 3.14. The number of carbonyl (C=O) groups is 1. The van der Waals surface area contributed by atoms with Crippen LogP contribution in [0.3, 0.4) is 0 Å². The van der Waals surface area contributed by atoms with Crippen LogP contribution in [-0.2, 0) is 17.8 Å². The molecule has 5 nitrogen and oxygen atoms in total. The molecule has 0 aliphatic carbocycles. The van der Waals surface area contributed by atoms with Crippen molar-refractivity contribution in [3.05, 3.63) is 40.3 Å². The molecule has 0 spiro atoms. The minimum atomic E-state index is -0.0782. The summed E-state index contributed by atoms with van der Waals surface area (Å²) >= 11 is 1.54. The van der Waals surface area contributed by atoms with Crippen molar-refractivity contribution in [2.24, 2.45) is 0 Å². The number of anilines is 1. The summed E-state index contributed by atoms with van der Waals surface area (Å²) < 4.78 is 5.24. The van der Waals surface area contributed by atoms with E-state index in [1.807, 2.05) is 24.3 Å². The number of hydrogen-bond donors (Lipinski definition) is 2. The highest BCUT2D eigenvalue weighted by Crippen LogP contribution is 2.23. The summed E-state index contributed by atoms with van der Waals surface area (Å²) in [5, 5.41) is 5.78. The molecule has 0 saturated heterocycles. The van der Waals surface area contributed by atoms with Crippen LogP contribution in [0.25, 0.3) is 0 Å². The van der Waals surface area contributed by atoms with E-state index in [2.05, 4.69) is 29.5 Å².